The molecule has 0 aliphatic carbocycles. The molecule has 0 atom stereocenters. The van der Waals surface area contributed by atoms with E-state index in [4.69, 9.17) is 19.4 Å². The first-order chi connectivity index (χ1) is 36.5. The minimum atomic E-state index is 0.503. The van der Waals surface area contributed by atoms with Gasteiger partial charge in [-0.25, -0.2) is 15.0 Å². The zero-order valence-electron chi connectivity index (χ0n) is 40.6. The van der Waals surface area contributed by atoms with Gasteiger partial charge in [-0.05, 0) is 93.1 Å². The molecule has 0 spiro atoms. The van der Waals surface area contributed by atoms with Crippen LogP contribution < -0.4 is 0 Å². The third kappa shape index (κ3) is 8.18. The predicted molar refractivity (Wildman–Crippen MR) is 311 cm³/mol. The molecule has 0 saturated carbocycles. The van der Waals surface area contributed by atoms with E-state index in [-0.39, 0.29) is 0 Å². The van der Waals surface area contributed by atoms with Crippen molar-refractivity contribution in [3.05, 3.63) is 280 Å². The maximum Gasteiger partial charge on any atom is 0.164 e. The number of para-hydroxylation sites is 2. The minimum absolute atomic E-state index is 0.503. The van der Waals surface area contributed by atoms with Gasteiger partial charge >= 0.3 is 0 Å². The Morgan fingerprint density at radius 2 is 1.01 bits per heavy atom. The van der Waals surface area contributed by atoms with Crippen molar-refractivity contribution in [2.75, 3.05) is 0 Å². The van der Waals surface area contributed by atoms with E-state index in [1.165, 1.54) is 0 Å². The van der Waals surface area contributed by atoms with Crippen molar-refractivity contribution in [1.82, 2.24) is 19.5 Å². The number of benzene rings is 9. The van der Waals surface area contributed by atoms with Crippen LogP contribution in [0.3, 0.4) is 0 Å². The molecule has 0 N–H and O–H groups in total. The summed E-state index contributed by atoms with van der Waals surface area (Å²) in [4.78, 5) is 16.2. The molecule has 0 aliphatic rings. The summed E-state index contributed by atoms with van der Waals surface area (Å²) in [6.07, 6.45) is 11.3. The van der Waals surface area contributed by atoms with Crippen LogP contribution in [0.1, 0.15) is 11.1 Å². The van der Waals surface area contributed by atoms with Crippen molar-refractivity contribution in [2.45, 2.75) is 0 Å². The SMILES string of the molecule is C=C/C=C\C(=C)c1cc(-c2ccccc2)cc(-c2nc(-c3ccc(-c4ccccc4)cc3)nc(-c3cc(/C(C=C)=C/C=C)c(-n4c5ccccc5c5ccc6c7ccccc7oc6c54)c(-c4ccccc4)c3)n2)c1. The zero-order valence-corrected chi connectivity index (χ0v) is 40.6. The molecule has 3 heterocycles. The normalized spacial score (nSPS) is 11.8. The summed E-state index contributed by atoms with van der Waals surface area (Å²) in [6, 6.07) is 71.8. The van der Waals surface area contributed by atoms with Crippen LogP contribution in [0.15, 0.2) is 273 Å². The first-order valence-electron chi connectivity index (χ1n) is 24.6. The van der Waals surface area contributed by atoms with Crippen molar-refractivity contribution >= 4 is 54.9 Å². The number of fused-ring (bicyclic) bond motifs is 7. The predicted octanol–water partition coefficient (Wildman–Crippen LogP) is 18.4. The standard InChI is InChI=1S/C69H48N4O/c1-5-8-23-45(4)52-40-53(48-26-14-10-15-27-48)42-54(41-52)68-70-67(51-36-34-49(35-37-51)47-24-12-9-13-25-47)71-69(72-68)55-43-60(46(7-3)22-6-2)64(61(44-55)50-28-16-11-17-29-50)73-62-32-20-18-30-56(62)58-38-39-59-57-31-19-21-33-63(57)74-66(59)65(58)73/h5-44H,1-4H2/b23-8-,46-22+. The van der Waals surface area contributed by atoms with E-state index in [9.17, 15) is 0 Å². The Balaban J connectivity index is 1.17. The second kappa shape index (κ2) is 19.3. The summed E-state index contributed by atoms with van der Waals surface area (Å²) in [5.74, 6) is 1.56. The van der Waals surface area contributed by atoms with Gasteiger partial charge in [-0.15, -0.1) is 0 Å². The highest BCUT2D eigenvalue weighted by atomic mass is 16.3. The molecule has 12 rings (SSSR count). The van der Waals surface area contributed by atoms with Crippen LogP contribution in [0.5, 0.6) is 0 Å². The van der Waals surface area contributed by atoms with Gasteiger partial charge in [0.1, 0.15) is 5.58 Å². The van der Waals surface area contributed by atoms with Crippen molar-refractivity contribution in [1.29, 1.82) is 0 Å². The van der Waals surface area contributed by atoms with Crippen LogP contribution in [0.4, 0.5) is 0 Å². The first-order valence-corrected chi connectivity index (χ1v) is 24.6. The highest BCUT2D eigenvalue weighted by Crippen LogP contribution is 2.46. The Morgan fingerprint density at radius 1 is 0.459 bits per heavy atom. The van der Waals surface area contributed by atoms with Crippen LogP contribution in [0, 0.1) is 0 Å². The molecule has 74 heavy (non-hydrogen) atoms. The zero-order chi connectivity index (χ0) is 50.1. The average Bonchev–Trinajstić information content (AvgIpc) is 4.02. The van der Waals surface area contributed by atoms with Crippen LogP contribution in [0.25, 0.3) is 128 Å². The van der Waals surface area contributed by atoms with Crippen molar-refractivity contribution in [3.63, 3.8) is 0 Å². The Morgan fingerprint density at radius 3 is 1.69 bits per heavy atom. The van der Waals surface area contributed by atoms with Crippen molar-refractivity contribution < 1.29 is 4.42 Å². The van der Waals surface area contributed by atoms with Crippen LogP contribution in [0.2, 0.25) is 0 Å². The van der Waals surface area contributed by atoms with Gasteiger partial charge in [0.15, 0.2) is 23.1 Å². The van der Waals surface area contributed by atoms with E-state index in [2.05, 4.69) is 207 Å². The quantitative estimate of drug-likeness (QED) is 0.108. The van der Waals surface area contributed by atoms with Gasteiger partial charge in [0.2, 0.25) is 0 Å². The van der Waals surface area contributed by atoms with E-state index < -0.39 is 0 Å². The van der Waals surface area contributed by atoms with E-state index >= 15 is 0 Å². The fraction of sp³-hybridized carbons (Fsp3) is 0. The lowest BCUT2D eigenvalue weighted by Crippen LogP contribution is -2.05. The van der Waals surface area contributed by atoms with Crippen LogP contribution in [-0.4, -0.2) is 19.5 Å². The van der Waals surface area contributed by atoms with Crippen molar-refractivity contribution in [3.8, 4) is 73.2 Å². The van der Waals surface area contributed by atoms with E-state index in [0.717, 1.165) is 122 Å². The van der Waals surface area contributed by atoms with Crippen molar-refractivity contribution in [2.24, 2.45) is 0 Å². The Bertz CT molecular complexity index is 4230. The molecule has 0 bridgehead atoms. The smallest absolute Gasteiger partial charge is 0.164 e. The number of aromatic nitrogens is 4. The Kier molecular flexibility index (Phi) is 11.8. The maximum atomic E-state index is 6.88. The fourth-order valence-corrected chi connectivity index (χ4v) is 10.1. The molecule has 350 valence electrons. The number of hydrogen-bond acceptors (Lipinski definition) is 4. The van der Waals surface area contributed by atoms with Gasteiger partial charge in [0.05, 0.1) is 16.7 Å². The Hall–Kier alpha value is -9.97. The molecule has 0 saturated heterocycles. The number of furan rings is 1. The third-order valence-corrected chi connectivity index (χ3v) is 13.7. The number of allylic oxidation sites excluding steroid dienone is 8. The molecular formula is C69H48N4O. The molecule has 5 heteroatoms. The molecule has 0 radical (unpaired) electrons. The minimum Gasteiger partial charge on any atom is -0.454 e. The summed E-state index contributed by atoms with van der Waals surface area (Å²) >= 11 is 0. The lowest BCUT2D eigenvalue weighted by Gasteiger charge is -2.21. The van der Waals surface area contributed by atoms with Crippen LogP contribution in [-0.2, 0) is 0 Å². The van der Waals surface area contributed by atoms with E-state index in [1.54, 1.807) is 6.08 Å². The van der Waals surface area contributed by atoms with E-state index in [0.29, 0.717) is 17.5 Å². The first kappa shape index (κ1) is 45.2. The summed E-state index contributed by atoms with van der Waals surface area (Å²) in [5.41, 5.74) is 16.9. The lowest BCUT2D eigenvalue weighted by molar-refractivity contribution is 0.671. The fourth-order valence-electron chi connectivity index (χ4n) is 10.1. The van der Waals surface area contributed by atoms with Gasteiger partial charge < -0.3 is 8.98 Å². The largest absolute Gasteiger partial charge is 0.454 e. The summed E-state index contributed by atoms with van der Waals surface area (Å²) in [6.45, 7) is 16.9. The molecule has 5 nitrogen and oxygen atoms in total. The lowest BCUT2D eigenvalue weighted by atomic mass is 9.92. The van der Waals surface area contributed by atoms with Gasteiger partial charge in [-0.3, -0.25) is 0 Å². The molecule has 0 aliphatic heterocycles. The molecular weight excluding hydrogens is 901 g/mol. The van der Waals surface area contributed by atoms with Gasteiger partial charge in [0, 0.05) is 49.4 Å². The van der Waals surface area contributed by atoms with Gasteiger partial charge in [-0.1, -0.05) is 220 Å². The highest BCUT2D eigenvalue weighted by molar-refractivity contribution is 6.22. The molecule has 9 aromatic carbocycles. The topological polar surface area (TPSA) is 56.7 Å². The monoisotopic (exact) mass is 948 g/mol. The molecule has 0 amide bonds. The Labute approximate surface area is 430 Å². The van der Waals surface area contributed by atoms with Crippen LogP contribution >= 0.6 is 0 Å². The summed E-state index contributed by atoms with van der Waals surface area (Å²) in [7, 11) is 0. The highest BCUT2D eigenvalue weighted by Gasteiger charge is 2.26. The second-order valence-corrected chi connectivity index (χ2v) is 18.2. The molecule has 0 unspecified atom stereocenters. The van der Waals surface area contributed by atoms with E-state index in [1.807, 2.05) is 60.7 Å². The average molecular weight is 949 g/mol. The second-order valence-electron chi connectivity index (χ2n) is 18.2. The maximum absolute atomic E-state index is 6.88. The molecule has 3 aromatic heterocycles. The number of nitrogens with zero attached hydrogens (tertiary/aromatic N) is 4. The van der Waals surface area contributed by atoms with Gasteiger partial charge in [-0.2, -0.15) is 0 Å². The third-order valence-electron chi connectivity index (χ3n) is 13.7. The van der Waals surface area contributed by atoms with Gasteiger partial charge in [0.25, 0.3) is 0 Å². The number of rotatable bonds is 13. The molecule has 12 aromatic rings. The molecule has 0 fully saturated rings. The summed E-state index contributed by atoms with van der Waals surface area (Å²) < 4.78 is 9.25. The number of hydrogen-bond donors (Lipinski definition) is 0. The summed E-state index contributed by atoms with van der Waals surface area (Å²) in [5, 5.41) is 4.30.